The van der Waals surface area contributed by atoms with E-state index < -0.39 is 0 Å². The molecule has 2 aromatic heterocycles. The molecule has 0 aromatic carbocycles. The molecule has 0 unspecified atom stereocenters. The van der Waals surface area contributed by atoms with Crippen molar-refractivity contribution < 1.29 is 4.39 Å². The summed E-state index contributed by atoms with van der Waals surface area (Å²) in [6.07, 6.45) is 0. The lowest BCUT2D eigenvalue weighted by atomic mass is 10.3. The zero-order valence-electron chi connectivity index (χ0n) is 10.5. The third kappa shape index (κ3) is 4.68. The van der Waals surface area contributed by atoms with Crippen molar-refractivity contribution in [1.82, 2.24) is 15.2 Å². The van der Waals surface area contributed by atoms with E-state index in [9.17, 15) is 4.39 Å². The van der Waals surface area contributed by atoms with Crippen LogP contribution >= 0.6 is 0 Å². The van der Waals surface area contributed by atoms with Crippen molar-refractivity contribution in [3.05, 3.63) is 52.9 Å². The van der Waals surface area contributed by atoms with Crippen LogP contribution in [0.3, 0.4) is 0 Å². The lowest BCUT2D eigenvalue weighted by Crippen LogP contribution is -1.88. The molecule has 0 amide bonds. The van der Waals surface area contributed by atoms with Gasteiger partial charge in [0.1, 0.15) is 0 Å². The van der Waals surface area contributed by atoms with Crippen LogP contribution in [0.4, 0.5) is 4.39 Å². The van der Waals surface area contributed by atoms with Crippen LogP contribution in [-0.2, 0) is 0 Å². The number of halogens is 1. The zero-order valence-corrected chi connectivity index (χ0v) is 10.5. The molecule has 0 saturated carbocycles. The van der Waals surface area contributed by atoms with Gasteiger partial charge in [-0.05, 0) is 45.9 Å². The molecule has 2 aromatic rings. The number of pyridine rings is 1. The van der Waals surface area contributed by atoms with Crippen LogP contribution in [0.1, 0.15) is 22.6 Å². The molecular weight excluding hydrogens is 217 g/mol. The van der Waals surface area contributed by atoms with Crippen molar-refractivity contribution in [2.24, 2.45) is 0 Å². The second kappa shape index (κ2) is 6.03. The summed E-state index contributed by atoms with van der Waals surface area (Å²) in [5.41, 5.74) is 3.25. The van der Waals surface area contributed by atoms with Gasteiger partial charge in [-0.3, -0.25) is 0 Å². The van der Waals surface area contributed by atoms with Crippen LogP contribution < -0.4 is 0 Å². The van der Waals surface area contributed by atoms with Gasteiger partial charge in [-0.2, -0.15) is 14.6 Å². The maximum atomic E-state index is 12.5. The van der Waals surface area contributed by atoms with E-state index in [1.54, 1.807) is 26.0 Å². The molecule has 0 aliphatic heterocycles. The fourth-order valence-electron chi connectivity index (χ4n) is 1.06. The van der Waals surface area contributed by atoms with E-state index in [2.05, 4.69) is 15.2 Å². The summed E-state index contributed by atoms with van der Waals surface area (Å²) in [6.45, 7) is 7.31. The largest absolute Gasteiger partial charge is 0.225 e. The number of aryl methyl sites for hydroxylation is 4. The van der Waals surface area contributed by atoms with Gasteiger partial charge in [-0.25, -0.2) is 4.98 Å². The van der Waals surface area contributed by atoms with Crippen LogP contribution in [0.2, 0.25) is 0 Å². The number of nitrogens with zero attached hydrogens (tertiary/aromatic N) is 3. The monoisotopic (exact) mass is 233 g/mol. The van der Waals surface area contributed by atoms with Crippen molar-refractivity contribution in [3.63, 3.8) is 0 Å². The summed E-state index contributed by atoms with van der Waals surface area (Å²) in [5, 5.41) is 7.66. The molecule has 0 aliphatic carbocycles. The fraction of sp³-hybridized carbons (Fsp3) is 0.308. The van der Waals surface area contributed by atoms with Gasteiger partial charge in [-0.1, -0.05) is 6.07 Å². The zero-order chi connectivity index (χ0) is 12.8. The molecule has 90 valence electrons. The van der Waals surface area contributed by atoms with E-state index in [0.29, 0.717) is 5.56 Å². The molecule has 2 rings (SSSR count). The molecule has 0 atom stereocenters. The minimum atomic E-state index is -0.366. The SMILES string of the molecule is Cc1ccc(C)c(F)n1.Cc1ccc(C)nn1. The van der Waals surface area contributed by atoms with E-state index in [1.165, 1.54) is 0 Å². The summed E-state index contributed by atoms with van der Waals surface area (Å²) in [4.78, 5) is 3.61. The molecule has 0 fully saturated rings. The number of hydrogen-bond donors (Lipinski definition) is 0. The van der Waals surface area contributed by atoms with E-state index in [4.69, 9.17) is 0 Å². The number of aromatic nitrogens is 3. The van der Waals surface area contributed by atoms with Gasteiger partial charge in [0.15, 0.2) is 0 Å². The minimum Gasteiger partial charge on any atom is -0.225 e. The van der Waals surface area contributed by atoms with Crippen LogP contribution in [-0.4, -0.2) is 15.2 Å². The summed E-state index contributed by atoms with van der Waals surface area (Å²) < 4.78 is 12.5. The highest BCUT2D eigenvalue weighted by Gasteiger charge is 1.95. The smallest absolute Gasteiger partial charge is 0.215 e. The number of rotatable bonds is 0. The van der Waals surface area contributed by atoms with Crippen LogP contribution in [0.5, 0.6) is 0 Å². The molecule has 0 saturated heterocycles. The van der Waals surface area contributed by atoms with Crippen molar-refractivity contribution in [3.8, 4) is 0 Å². The van der Waals surface area contributed by atoms with Crippen LogP contribution in [0.25, 0.3) is 0 Å². The van der Waals surface area contributed by atoms with E-state index >= 15 is 0 Å². The topological polar surface area (TPSA) is 38.7 Å². The summed E-state index contributed by atoms with van der Waals surface area (Å²) in [6, 6.07) is 7.40. The third-order valence-electron chi connectivity index (χ3n) is 2.11. The summed E-state index contributed by atoms with van der Waals surface area (Å²) in [5.74, 6) is -0.366. The first-order valence-electron chi connectivity index (χ1n) is 5.35. The Balaban J connectivity index is 0.000000171. The molecule has 3 nitrogen and oxygen atoms in total. The highest BCUT2D eigenvalue weighted by molar-refractivity contribution is 5.12. The van der Waals surface area contributed by atoms with E-state index in [1.807, 2.05) is 26.0 Å². The Labute approximate surface area is 101 Å². The van der Waals surface area contributed by atoms with Crippen molar-refractivity contribution in [2.45, 2.75) is 27.7 Å². The number of hydrogen-bond acceptors (Lipinski definition) is 3. The van der Waals surface area contributed by atoms with Gasteiger partial charge in [0.25, 0.3) is 0 Å². The second-order valence-electron chi connectivity index (χ2n) is 3.88. The predicted octanol–water partition coefficient (Wildman–Crippen LogP) is 2.93. The van der Waals surface area contributed by atoms with Gasteiger partial charge in [-0.15, -0.1) is 0 Å². The Morgan fingerprint density at radius 2 is 1.24 bits per heavy atom. The second-order valence-corrected chi connectivity index (χ2v) is 3.88. The van der Waals surface area contributed by atoms with E-state index in [-0.39, 0.29) is 5.95 Å². The van der Waals surface area contributed by atoms with E-state index in [0.717, 1.165) is 17.1 Å². The average Bonchev–Trinajstić information content (AvgIpc) is 2.29. The third-order valence-corrected chi connectivity index (χ3v) is 2.11. The Hall–Kier alpha value is -1.84. The first-order chi connectivity index (χ1) is 7.99. The first kappa shape index (κ1) is 13.2. The quantitative estimate of drug-likeness (QED) is 0.657. The maximum Gasteiger partial charge on any atom is 0.215 e. The van der Waals surface area contributed by atoms with Crippen molar-refractivity contribution in [2.75, 3.05) is 0 Å². The standard InChI is InChI=1S/C7H8FN.C6H8N2/c1-5-3-4-6(2)9-7(5)8;1-5-3-4-6(2)8-7-5/h3-4H,1-2H3;3-4H,1-2H3. The van der Waals surface area contributed by atoms with Gasteiger partial charge in [0, 0.05) is 11.3 Å². The minimum absolute atomic E-state index is 0.366. The molecule has 0 spiro atoms. The Kier molecular flexibility index (Phi) is 4.69. The predicted molar refractivity (Wildman–Crippen MR) is 65.2 cm³/mol. The molecule has 0 bridgehead atoms. The molecule has 2 heterocycles. The average molecular weight is 233 g/mol. The Morgan fingerprint density at radius 3 is 1.59 bits per heavy atom. The molecule has 0 N–H and O–H groups in total. The first-order valence-corrected chi connectivity index (χ1v) is 5.35. The molecule has 0 radical (unpaired) electrons. The van der Waals surface area contributed by atoms with Gasteiger partial charge >= 0.3 is 0 Å². The normalized spacial score (nSPS) is 9.47. The van der Waals surface area contributed by atoms with Crippen LogP contribution in [0, 0.1) is 33.6 Å². The van der Waals surface area contributed by atoms with Crippen LogP contribution in [0.15, 0.2) is 24.3 Å². The molecule has 4 heteroatoms. The highest BCUT2D eigenvalue weighted by Crippen LogP contribution is 2.02. The fourth-order valence-corrected chi connectivity index (χ4v) is 1.06. The summed E-state index contributed by atoms with van der Waals surface area (Å²) in [7, 11) is 0. The lowest BCUT2D eigenvalue weighted by molar-refractivity contribution is 0.571. The molecule has 17 heavy (non-hydrogen) atoms. The van der Waals surface area contributed by atoms with Gasteiger partial charge < -0.3 is 0 Å². The Morgan fingerprint density at radius 1 is 0.765 bits per heavy atom. The van der Waals surface area contributed by atoms with Crippen molar-refractivity contribution >= 4 is 0 Å². The van der Waals surface area contributed by atoms with Crippen molar-refractivity contribution in [1.29, 1.82) is 0 Å². The lowest BCUT2D eigenvalue weighted by Gasteiger charge is -1.93. The Bertz CT molecular complexity index is 460. The highest BCUT2D eigenvalue weighted by atomic mass is 19.1. The maximum absolute atomic E-state index is 12.5. The molecule has 0 aliphatic rings. The van der Waals surface area contributed by atoms with Gasteiger partial charge in [0.2, 0.25) is 5.95 Å². The molecular formula is C13H16FN3. The summed E-state index contributed by atoms with van der Waals surface area (Å²) >= 11 is 0. The van der Waals surface area contributed by atoms with Gasteiger partial charge in [0.05, 0.1) is 11.4 Å².